The molecule has 0 bridgehead atoms. The van der Waals surface area contributed by atoms with Crippen molar-refractivity contribution in [2.75, 3.05) is 13.1 Å². The van der Waals surface area contributed by atoms with E-state index in [9.17, 15) is 4.79 Å². The minimum absolute atomic E-state index is 0.188. The highest BCUT2D eigenvalue weighted by Gasteiger charge is 2.38. The van der Waals surface area contributed by atoms with E-state index in [-0.39, 0.29) is 11.4 Å². The Bertz CT molecular complexity index is 252. The second-order valence-electron chi connectivity index (χ2n) is 5.71. The summed E-state index contributed by atoms with van der Waals surface area (Å²) in [5.74, 6) is 0.188. The zero-order valence-corrected chi connectivity index (χ0v) is 9.86. The normalized spacial score (nSPS) is 33.5. The van der Waals surface area contributed by atoms with Crippen molar-refractivity contribution in [2.45, 2.75) is 51.5 Å². The molecule has 2 N–H and O–H groups in total. The van der Waals surface area contributed by atoms with Crippen LogP contribution in [-0.4, -0.2) is 24.5 Å². The molecule has 2 rings (SSSR count). The first-order valence-electron chi connectivity index (χ1n) is 6.08. The van der Waals surface area contributed by atoms with E-state index < -0.39 is 0 Å². The molecule has 0 aromatic heterocycles. The van der Waals surface area contributed by atoms with Gasteiger partial charge in [0.15, 0.2) is 0 Å². The molecule has 1 heterocycles. The van der Waals surface area contributed by atoms with Gasteiger partial charge in [-0.1, -0.05) is 13.3 Å². The Morgan fingerprint density at radius 2 is 2.00 bits per heavy atom. The van der Waals surface area contributed by atoms with Crippen LogP contribution in [0.4, 0.5) is 0 Å². The highest BCUT2D eigenvalue weighted by Crippen LogP contribution is 2.39. The second-order valence-corrected chi connectivity index (χ2v) is 5.71. The minimum atomic E-state index is -0.305. The van der Waals surface area contributed by atoms with Gasteiger partial charge in [0.05, 0.1) is 5.54 Å². The van der Waals surface area contributed by atoms with Crippen LogP contribution < -0.4 is 10.6 Å². The lowest BCUT2D eigenvalue weighted by Crippen LogP contribution is -2.53. The Kier molecular flexibility index (Phi) is 2.75. The maximum absolute atomic E-state index is 12.0. The van der Waals surface area contributed by atoms with Crippen molar-refractivity contribution in [3.05, 3.63) is 0 Å². The molecule has 1 saturated carbocycles. The third-order valence-electron chi connectivity index (χ3n) is 4.11. The summed E-state index contributed by atoms with van der Waals surface area (Å²) in [6.07, 6.45) is 5.92. The van der Waals surface area contributed by atoms with Crippen LogP contribution in [0.2, 0.25) is 0 Å². The van der Waals surface area contributed by atoms with Crippen LogP contribution in [0.5, 0.6) is 0 Å². The average Bonchev–Trinajstić information content (AvgIpc) is 2.60. The first-order valence-corrected chi connectivity index (χ1v) is 6.08. The van der Waals surface area contributed by atoms with Gasteiger partial charge in [0.25, 0.3) is 0 Å². The summed E-state index contributed by atoms with van der Waals surface area (Å²) in [6, 6.07) is 0. The number of carbonyl (C=O) groups is 1. The number of hydrogen-bond donors (Lipinski definition) is 2. The fourth-order valence-corrected chi connectivity index (χ4v) is 2.53. The Hall–Kier alpha value is -0.570. The van der Waals surface area contributed by atoms with Crippen LogP contribution in [-0.2, 0) is 4.79 Å². The number of nitrogens with one attached hydrogen (secondary N) is 2. The maximum Gasteiger partial charge on any atom is 0.240 e. The molecule has 1 atom stereocenters. The van der Waals surface area contributed by atoms with Gasteiger partial charge in [-0.15, -0.1) is 0 Å². The van der Waals surface area contributed by atoms with E-state index in [1.54, 1.807) is 0 Å². The van der Waals surface area contributed by atoms with E-state index in [0.29, 0.717) is 5.41 Å². The van der Waals surface area contributed by atoms with Crippen LogP contribution in [0, 0.1) is 5.41 Å². The summed E-state index contributed by atoms with van der Waals surface area (Å²) >= 11 is 0. The molecule has 1 aliphatic carbocycles. The molecule has 1 saturated heterocycles. The second kappa shape index (κ2) is 3.78. The molecule has 3 nitrogen and oxygen atoms in total. The third kappa shape index (κ3) is 2.17. The van der Waals surface area contributed by atoms with Crippen LogP contribution in [0.1, 0.15) is 46.0 Å². The number of amides is 1. The third-order valence-corrected chi connectivity index (χ3v) is 4.11. The summed E-state index contributed by atoms with van der Waals surface area (Å²) in [4.78, 5) is 12.0. The summed E-state index contributed by atoms with van der Waals surface area (Å²) in [5.41, 5.74) is 0.0741. The van der Waals surface area contributed by atoms with E-state index in [4.69, 9.17) is 0 Å². The SMILES string of the molecule is CC1(CNC(=O)C2(C)CCCN2)CCC1. The van der Waals surface area contributed by atoms with E-state index in [0.717, 1.165) is 25.9 Å². The van der Waals surface area contributed by atoms with E-state index in [1.165, 1.54) is 19.3 Å². The van der Waals surface area contributed by atoms with Crippen molar-refractivity contribution in [3.63, 3.8) is 0 Å². The van der Waals surface area contributed by atoms with Crippen molar-refractivity contribution in [1.29, 1.82) is 0 Å². The summed E-state index contributed by atoms with van der Waals surface area (Å²) in [7, 11) is 0. The monoisotopic (exact) mass is 210 g/mol. The quantitative estimate of drug-likeness (QED) is 0.740. The summed E-state index contributed by atoms with van der Waals surface area (Å²) in [5, 5.41) is 6.40. The largest absolute Gasteiger partial charge is 0.354 e. The Balaban J connectivity index is 1.81. The molecule has 2 aliphatic rings. The zero-order valence-electron chi connectivity index (χ0n) is 9.86. The highest BCUT2D eigenvalue weighted by molar-refractivity contribution is 5.86. The summed E-state index contributed by atoms with van der Waals surface area (Å²) < 4.78 is 0. The van der Waals surface area contributed by atoms with Crippen molar-refractivity contribution >= 4 is 5.91 Å². The number of rotatable bonds is 3. The van der Waals surface area contributed by atoms with Gasteiger partial charge in [-0.25, -0.2) is 0 Å². The number of hydrogen-bond acceptors (Lipinski definition) is 2. The summed E-state index contributed by atoms with van der Waals surface area (Å²) in [6.45, 7) is 6.10. The molecule has 1 amide bonds. The Morgan fingerprint density at radius 3 is 2.47 bits per heavy atom. The van der Waals surface area contributed by atoms with Gasteiger partial charge in [0, 0.05) is 6.54 Å². The molecule has 0 spiro atoms. The first-order chi connectivity index (χ1) is 7.04. The Morgan fingerprint density at radius 1 is 1.27 bits per heavy atom. The van der Waals surface area contributed by atoms with Crippen molar-refractivity contribution < 1.29 is 4.79 Å². The van der Waals surface area contributed by atoms with E-state index in [1.807, 2.05) is 6.92 Å². The molecule has 1 aliphatic heterocycles. The van der Waals surface area contributed by atoms with Crippen molar-refractivity contribution in [2.24, 2.45) is 5.41 Å². The predicted octanol–water partition coefficient (Wildman–Crippen LogP) is 1.43. The molecule has 3 heteroatoms. The van der Waals surface area contributed by atoms with Crippen LogP contribution in [0.15, 0.2) is 0 Å². The molecule has 15 heavy (non-hydrogen) atoms. The predicted molar refractivity (Wildman–Crippen MR) is 60.6 cm³/mol. The molecule has 0 radical (unpaired) electrons. The van der Waals surface area contributed by atoms with Gasteiger partial charge in [-0.3, -0.25) is 4.79 Å². The van der Waals surface area contributed by atoms with Crippen LogP contribution >= 0.6 is 0 Å². The minimum Gasteiger partial charge on any atom is -0.354 e. The van der Waals surface area contributed by atoms with E-state index >= 15 is 0 Å². The van der Waals surface area contributed by atoms with Crippen LogP contribution in [0.3, 0.4) is 0 Å². The van der Waals surface area contributed by atoms with E-state index in [2.05, 4.69) is 17.6 Å². The molecular weight excluding hydrogens is 188 g/mol. The van der Waals surface area contributed by atoms with Crippen LogP contribution in [0.25, 0.3) is 0 Å². The lowest BCUT2D eigenvalue weighted by Gasteiger charge is -2.39. The Labute approximate surface area is 92.0 Å². The molecule has 86 valence electrons. The standard InChI is InChI=1S/C12H22N2O/c1-11(5-3-6-11)9-13-10(15)12(2)7-4-8-14-12/h14H,3-9H2,1-2H3,(H,13,15). The molecular formula is C12H22N2O. The van der Waals surface area contributed by atoms with Gasteiger partial charge < -0.3 is 10.6 Å². The maximum atomic E-state index is 12.0. The molecule has 0 aromatic rings. The van der Waals surface area contributed by atoms with Gasteiger partial charge in [-0.05, 0) is 44.6 Å². The van der Waals surface area contributed by atoms with Crippen molar-refractivity contribution in [3.8, 4) is 0 Å². The molecule has 0 aromatic carbocycles. The van der Waals surface area contributed by atoms with Gasteiger partial charge in [0.2, 0.25) is 5.91 Å². The lowest BCUT2D eigenvalue weighted by atomic mass is 9.70. The fourth-order valence-electron chi connectivity index (χ4n) is 2.53. The molecule has 1 unspecified atom stereocenters. The van der Waals surface area contributed by atoms with Gasteiger partial charge >= 0.3 is 0 Å². The fraction of sp³-hybridized carbons (Fsp3) is 0.917. The lowest BCUT2D eigenvalue weighted by molar-refractivity contribution is -0.127. The number of carbonyl (C=O) groups excluding carboxylic acids is 1. The first kappa shape index (κ1) is 10.9. The smallest absolute Gasteiger partial charge is 0.240 e. The topological polar surface area (TPSA) is 41.1 Å². The molecule has 2 fully saturated rings. The van der Waals surface area contributed by atoms with Crippen molar-refractivity contribution in [1.82, 2.24) is 10.6 Å². The highest BCUT2D eigenvalue weighted by atomic mass is 16.2. The average molecular weight is 210 g/mol. The zero-order chi connectivity index (χ0) is 10.9. The van der Waals surface area contributed by atoms with Gasteiger partial charge in [0.1, 0.15) is 0 Å². The van der Waals surface area contributed by atoms with Gasteiger partial charge in [-0.2, -0.15) is 0 Å².